The van der Waals surface area contributed by atoms with Gasteiger partial charge in [-0.1, -0.05) is 67.6 Å². The highest BCUT2D eigenvalue weighted by Gasteiger charge is 2.18. The lowest BCUT2D eigenvalue weighted by atomic mass is 9.99. The summed E-state index contributed by atoms with van der Waals surface area (Å²) >= 11 is 0. The average Bonchev–Trinajstić information content (AvgIpc) is 2.61. The number of hydrogen-bond donors (Lipinski definition) is 2. The van der Waals surface area contributed by atoms with Crippen molar-refractivity contribution in [1.29, 1.82) is 0 Å². The molecule has 1 unspecified atom stereocenters. The zero-order valence-corrected chi connectivity index (χ0v) is 13.6. The monoisotopic (exact) mass is 311 g/mol. The summed E-state index contributed by atoms with van der Waals surface area (Å²) in [4.78, 5) is 12.3. The predicted octanol–water partition coefficient (Wildman–Crippen LogP) is 3.50. The van der Waals surface area contributed by atoms with Crippen LogP contribution in [0, 0.1) is 5.92 Å². The Labute approximate surface area is 138 Å². The molecule has 0 radical (unpaired) electrons. The van der Waals surface area contributed by atoms with Crippen LogP contribution < -0.4 is 5.32 Å². The van der Waals surface area contributed by atoms with E-state index in [0.29, 0.717) is 0 Å². The van der Waals surface area contributed by atoms with E-state index in [9.17, 15) is 9.90 Å². The fraction of sp³-hybridized carbons (Fsp3) is 0.350. The third-order valence-corrected chi connectivity index (χ3v) is 4.09. The van der Waals surface area contributed by atoms with Gasteiger partial charge < -0.3 is 10.4 Å². The minimum absolute atomic E-state index is 0.000893. The molecule has 3 heteroatoms. The first-order chi connectivity index (χ1) is 11.2. The molecule has 1 amide bonds. The Hall–Kier alpha value is -2.13. The second kappa shape index (κ2) is 9.11. The highest BCUT2D eigenvalue weighted by atomic mass is 16.3. The van der Waals surface area contributed by atoms with E-state index in [0.717, 1.165) is 24.8 Å². The standard InChI is InChI=1S/C20H25NO2/c1-16(9-8-12-17-10-4-2-5-11-17)20(23)21-19(15-22)18-13-6-3-7-14-18/h2-7,10-11,13-14,16,19,22H,8-9,12,15H2,1H3,(H,21,23)/t16-,19?/m0/s1. The predicted molar refractivity (Wildman–Crippen MR) is 93.0 cm³/mol. The Morgan fingerprint density at radius 3 is 2.26 bits per heavy atom. The van der Waals surface area contributed by atoms with E-state index < -0.39 is 0 Å². The third-order valence-electron chi connectivity index (χ3n) is 4.09. The lowest BCUT2D eigenvalue weighted by Crippen LogP contribution is -2.34. The largest absolute Gasteiger partial charge is 0.394 e. The first-order valence-electron chi connectivity index (χ1n) is 8.21. The van der Waals surface area contributed by atoms with Gasteiger partial charge in [0.1, 0.15) is 0 Å². The van der Waals surface area contributed by atoms with Crippen molar-refractivity contribution >= 4 is 5.91 Å². The maximum atomic E-state index is 12.3. The van der Waals surface area contributed by atoms with Gasteiger partial charge in [-0.15, -0.1) is 0 Å². The highest BCUT2D eigenvalue weighted by Crippen LogP contribution is 2.15. The maximum Gasteiger partial charge on any atom is 0.223 e. The molecular weight excluding hydrogens is 286 g/mol. The topological polar surface area (TPSA) is 49.3 Å². The molecule has 0 aliphatic rings. The summed E-state index contributed by atoms with van der Waals surface area (Å²) in [5.74, 6) is -0.0579. The van der Waals surface area contributed by atoms with Crippen LogP contribution in [0.4, 0.5) is 0 Å². The van der Waals surface area contributed by atoms with Crippen molar-refractivity contribution in [3.05, 3.63) is 71.8 Å². The number of rotatable bonds is 8. The number of carbonyl (C=O) groups excluding carboxylic acids is 1. The van der Waals surface area contributed by atoms with Crippen LogP contribution >= 0.6 is 0 Å². The molecule has 0 aliphatic heterocycles. The van der Waals surface area contributed by atoms with E-state index in [1.165, 1.54) is 5.56 Å². The van der Waals surface area contributed by atoms with E-state index in [2.05, 4.69) is 17.4 Å². The molecular formula is C20H25NO2. The summed E-state index contributed by atoms with van der Waals surface area (Å²) in [6.45, 7) is 1.85. The number of aliphatic hydroxyl groups is 1. The second-order valence-corrected chi connectivity index (χ2v) is 5.93. The van der Waals surface area contributed by atoms with Crippen LogP contribution in [-0.4, -0.2) is 17.6 Å². The quantitative estimate of drug-likeness (QED) is 0.784. The Morgan fingerprint density at radius 1 is 1.04 bits per heavy atom. The number of benzene rings is 2. The van der Waals surface area contributed by atoms with E-state index >= 15 is 0 Å². The van der Waals surface area contributed by atoms with Crippen LogP contribution in [0.15, 0.2) is 60.7 Å². The first kappa shape index (κ1) is 17.2. The highest BCUT2D eigenvalue weighted by molar-refractivity contribution is 5.78. The van der Waals surface area contributed by atoms with Gasteiger partial charge in [-0.2, -0.15) is 0 Å². The minimum Gasteiger partial charge on any atom is -0.394 e. The van der Waals surface area contributed by atoms with Crippen molar-refractivity contribution < 1.29 is 9.90 Å². The summed E-state index contributed by atoms with van der Waals surface area (Å²) in [6.07, 6.45) is 2.81. The normalized spacial score (nSPS) is 13.3. The summed E-state index contributed by atoms with van der Waals surface area (Å²) < 4.78 is 0. The molecule has 0 aliphatic carbocycles. The van der Waals surface area contributed by atoms with Gasteiger partial charge >= 0.3 is 0 Å². The molecule has 0 spiro atoms. The molecule has 0 bridgehead atoms. The van der Waals surface area contributed by atoms with E-state index in [1.807, 2.05) is 55.5 Å². The van der Waals surface area contributed by atoms with Gasteiger partial charge in [0.2, 0.25) is 5.91 Å². The summed E-state index contributed by atoms with van der Waals surface area (Å²) in [5, 5.41) is 12.5. The molecule has 2 aromatic carbocycles. The van der Waals surface area contributed by atoms with Crippen molar-refractivity contribution in [1.82, 2.24) is 5.32 Å². The lowest BCUT2D eigenvalue weighted by Gasteiger charge is -2.19. The number of carbonyl (C=O) groups is 1. The van der Waals surface area contributed by atoms with Crippen LogP contribution in [0.2, 0.25) is 0 Å². The maximum absolute atomic E-state index is 12.3. The van der Waals surface area contributed by atoms with Crippen LogP contribution in [0.5, 0.6) is 0 Å². The molecule has 0 saturated heterocycles. The molecule has 0 aromatic heterocycles. The number of amides is 1. The van der Waals surface area contributed by atoms with Crippen LogP contribution in [-0.2, 0) is 11.2 Å². The van der Waals surface area contributed by atoms with Gasteiger partial charge in [-0.05, 0) is 30.4 Å². The van der Waals surface area contributed by atoms with Crippen LogP contribution in [0.25, 0.3) is 0 Å². The minimum atomic E-state index is -0.333. The zero-order valence-electron chi connectivity index (χ0n) is 13.6. The van der Waals surface area contributed by atoms with Crippen molar-refractivity contribution in [3.63, 3.8) is 0 Å². The Bertz CT molecular complexity index is 583. The van der Waals surface area contributed by atoms with Crippen molar-refractivity contribution in [2.24, 2.45) is 5.92 Å². The lowest BCUT2D eigenvalue weighted by molar-refractivity contribution is -0.125. The molecule has 2 aromatic rings. The molecule has 0 saturated carbocycles. The molecule has 0 heterocycles. The first-order valence-corrected chi connectivity index (χ1v) is 8.21. The third kappa shape index (κ3) is 5.53. The number of aliphatic hydroxyl groups excluding tert-OH is 1. The molecule has 23 heavy (non-hydrogen) atoms. The Kier molecular flexibility index (Phi) is 6.82. The van der Waals surface area contributed by atoms with Crippen molar-refractivity contribution in [3.8, 4) is 0 Å². The zero-order chi connectivity index (χ0) is 16.5. The van der Waals surface area contributed by atoms with Crippen molar-refractivity contribution in [2.75, 3.05) is 6.61 Å². The molecule has 2 atom stereocenters. The summed E-state index contributed by atoms with van der Waals surface area (Å²) in [6, 6.07) is 19.6. The molecule has 2 rings (SSSR count). The van der Waals surface area contributed by atoms with Gasteiger partial charge in [0.15, 0.2) is 0 Å². The van der Waals surface area contributed by atoms with Gasteiger partial charge in [-0.3, -0.25) is 4.79 Å². The fourth-order valence-corrected chi connectivity index (χ4v) is 2.62. The second-order valence-electron chi connectivity index (χ2n) is 5.93. The molecule has 0 fully saturated rings. The van der Waals surface area contributed by atoms with Gasteiger partial charge in [0, 0.05) is 5.92 Å². The van der Waals surface area contributed by atoms with E-state index in [-0.39, 0.29) is 24.5 Å². The summed E-state index contributed by atoms with van der Waals surface area (Å²) in [5.41, 5.74) is 2.23. The SMILES string of the molecule is C[C@@H](CCCc1ccccc1)C(=O)NC(CO)c1ccccc1. The summed E-state index contributed by atoms with van der Waals surface area (Å²) in [7, 11) is 0. The van der Waals surface area contributed by atoms with Crippen LogP contribution in [0.3, 0.4) is 0 Å². The van der Waals surface area contributed by atoms with E-state index in [4.69, 9.17) is 0 Å². The Balaban J connectivity index is 1.80. The molecule has 2 N–H and O–H groups in total. The van der Waals surface area contributed by atoms with Gasteiger partial charge in [0.25, 0.3) is 0 Å². The average molecular weight is 311 g/mol. The smallest absolute Gasteiger partial charge is 0.223 e. The van der Waals surface area contributed by atoms with Crippen molar-refractivity contribution in [2.45, 2.75) is 32.2 Å². The van der Waals surface area contributed by atoms with Crippen LogP contribution in [0.1, 0.15) is 36.9 Å². The number of aryl methyl sites for hydroxylation is 1. The molecule has 3 nitrogen and oxygen atoms in total. The van der Waals surface area contributed by atoms with Gasteiger partial charge in [0.05, 0.1) is 12.6 Å². The number of hydrogen-bond acceptors (Lipinski definition) is 2. The fourth-order valence-electron chi connectivity index (χ4n) is 2.62. The van der Waals surface area contributed by atoms with Gasteiger partial charge in [-0.25, -0.2) is 0 Å². The molecule has 122 valence electrons. The Morgan fingerprint density at radius 2 is 1.65 bits per heavy atom. The van der Waals surface area contributed by atoms with E-state index in [1.54, 1.807) is 0 Å². The number of nitrogens with one attached hydrogen (secondary N) is 1.